The van der Waals surface area contributed by atoms with Gasteiger partial charge in [-0.2, -0.15) is 0 Å². The van der Waals surface area contributed by atoms with Crippen molar-refractivity contribution in [1.29, 1.82) is 0 Å². The number of nitrogens with one attached hydrogen (secondary N) is 1. The lowest BCUT2D eigenvalue weighted by Crippen LogP contribution is -2.38. The Balaban J connectivity index is 2.26. The van der Waals surface area contributed by atoms with E-state index in [0.717, 1.165) is 30.5 Å². The summed E-state index contributed by atoms with van der Waals surface area (Å²) >= 11 is 5.23. The highest BCUT2D eigenvalue weighted by molar-refractivity contribution is 9.09. The number of halogens is 1. The molecule has 88 valence electrons. The van der Waals surface area contributed by atoms with E-state index in [4.69, 9.17) is 0 Å². The molecule has 15 heavy (non-hydrogen) atoms. The van der Waals surface area contributed by atoms with Crippen LogP contribution in [0.15, 0.2) is 0 Å². The fourth-order valence-electron chi connectivity index (χ4n) is 1.57. The van der Waals surface area contributed by atoms with Crippen LogP contribution in [0.1, 0.15) is 33.1 Å². The lowest BCUT2D eigenvalue weighted by Gasteiger charge is -2.24. The van der Waals surface area contributed by atoms with Crippen molar-refractivity contribution < 1.29 is 4.79 Å². The summed E-state index contributed by atoms with van der Waals surface area (Å²) in [6.07, 6.45) is 3.33. The number of rotatable bonds is 5. The topological polar surface area (TPSA) is 29.1 Å². The Bertz CT molecular complexity index is 215. The van der Waals surface area contributed by atoms with Crippen molar-refractivity contribution in [2.45, 2.75) is 38.4 Å². The van der Waals surface area contributed by atoms with Crippen LogP contribution in [0.4, 0.5) is 0 Å². The average molecular weight is 294 g/mol. The predicted octanol–water partition coefficient (Wildman–Crippen LogP) is 2.81. The van der Waals surface area contributed by atoms with E-state index in [0.29, 0.717) is 0 Å². The van der Waals surface area contributed by atoms with Crippen LogP contribution in [0.2, 0.25) is 0 Å². The van der Waals surface area contributed by atoms with Gasteiger partial charge in [-0.3, -0.25) is 4.79 Å². The van der Waals surface area contributed by atoms with E-state index in [-0.39, 0.29) is 16.6 Å². The SMILES string of the molecule is CC(C)(CCBr)CNC(=O)C1CCCS1. The van der Waals surface area contributed by atoms with Crippen LogP contribution in [0.3, 0.4) is 0 Å². The van der Waals surface area contributed by atoms with Gasteiger partial charge < -0.3 is 5.32 Å². The molecule has 0 saturated carbocycles. The third-order valence-corrected chi connectivity index (χ3v) is 4.51. The number of carbonyl (C=O) groups excluding carboxylic acids is 1. The molecule has 1 aliphatic heterocycles. The fraction of sp³-hybridized carbons (Fsp3) is 0.909. The van der Waals surface area contributed by atoms with E-state index in [1.807, 2.05) is 0 Å². The van der Waals surface area contributed by atoms with Crippen LogP contribution in [0.5, 0.6) is 0 Å². The van der Waals surface area contributed by atoms with Crippen molar-refractivity contribution >= 4 is 33.6 Å². The maximum absolute atomic E-state index is 11.8. The number of carbonyl (C=O) groups is 1. The Labute approximate surface area is 105 Å². The van der Waals surface area contributed by atoms with E-state index in [2.05, 4.69) is 35.1 Å². The molecule has 1 heterocycles. The van der Waals surface area contributed by atoms with Crippen LogP contribution in [-0.4, -0.2) is 28.8 Å². The van der Waals surface area contributed by atoms with Crippen molar-refractivity contribution in [2.75, 3.05) is 17.6 Å². The molecule has 1 amide bonds. The standard InChI is InChI=1S/C11H20BrNOS/c1-11(2,5-6-12)8-13-10(14)9-4-3-7-15-9/h9H,3-8H2,1-2H3,(H,13,14). The second-order valence-corrected chi connectivity index (χ2v) is 6.93. The molecule has 2 nitrogen and oxygen atoms in total. The molecule has 1 N–H and O–H groups in total. The number of amides is 1. The summed E-state index contributed by atoms with van der Waals surface area (Å²) in [5.41, 5.74) is 0.197. The van der Waals surface area contributed by atoms with E-state index in [1.54, 1.807) is 11.8 Å². The lowest BCUT2D eigenvalue weighted by atomic mass is 9.90. The smallest absolute Gasteiger partial charge is 0.233 e. The zero-order valence-corrected chi connectivity index (χ0v) is 11.9. The minimum atomic E-state index is 0.197. The van der Waals surface area contributed by atoms with Crippen molar-refractivity contribution in [3.05, 3.63) is 0 Å². The third kappa shape index (κ3) is 4.77. The summed E-state index contributed by atoms with van der Waals surface area (Å²) in [6, 6.07) is 0. The van der Waals surface area contributed by atoms with E-state index in [1.165, 1.54) is 6.42 Å². The predicted molar refractivity (Wildman–Crippen MR) is 70.7 cm³/mol. The zero-order valence-electron chi connectivity index (χ0n) is 9.51. The normalized spacial score (nSPS) is 21.7. The largest absolute Gasteiger partial charge is 0.355 e. The fourth-order valence-corrected chi connectivity index (χ4v) is 3.83. The molecule has 0 spiro atoms. The van der Waals surface area contributed by atoms with Gasteiger partial charge in [-0.1, -0.05) is 29.8 Å². The van der Waals surface area contributed by atoms with Gasteiger partial charge in [-0.05, 0) is 30.4 Å². The van der Waals surface area contributed by atoms with Gasteiger partial charge in [0.05, 0.1) is 5.25 Å². The first-order valence-electron chi connectivity index (χ1n) is 5.50. The van der Waals surface area contributed by atoms with Gasteiger partial charge in [0.15, 0.2) is 0 Å². The van der Waals surface area contributed by atoms with Crippen molar-refractivity contribution in [3.8, 4) is 0 Å². The number of alkyl halides is 1. The first-order valence-corrected chi connectivity index (χ1v) is 7.67. The molecule has 1 rings (SSSR count). The molecule has 0 radical (unpaired) electrons. The highest BCUT2D eigenvalue weighted by Gasteiger charge is 2.25. The molecule has 0 aromatic heterocycles. The van der Waals surface area contributed by atoms with Gasteiger partial charge >= 0.3 is 0 Å². The Kier molecular flexibility index (Phi) is 5.47. The van der Waals surface area contributed by atoms with Crippen LogP contribution >= 0.6 is 27.7 Å². The summed E-state index contributed by atoms with van der Waals surface area (Å²) < 4.78 is 0. The minimum absolute atomic E-state index is 0.197. The van der Waals surface area contributed by atoms with Crippen LogP contribution in [-0.2, 0) is 4.79 Å². The molecule has 0 aromatic carbocycles. The Morgan fingerprint density at radius 3 is 2.87 bits per heavy atom. The monoisotopic (exact) mass is 293 g/mol. The van der Waals surface area contributed by atoms with Gasteiger partial charge in [-0.25, -0.2) is 0 Å². The maximum atomic E-state index is 11.8. The lowest BCUT2D eigenvalue weighted by molar-refractivity contribution is -0.121. The van der Waals surface area contributed by atoms with Crippen LogP contribution in [0, 0.1) is 5.41 Å². The van der Waals surface area contributed by atoms with Gasteiger partial charge in [0.2, 0.25) is 5.91 Å². The molecule has 1 aliphatic rings. The number of hydrogen-bond donors (Lipinski definition) is 1. The second-order valence-electron chi connectivity index (χ2n) is 4.82. The third-order valence-electron chi connectivity index (χ3n) is 2.73. The van der Waals surface area contributed by atoms with Gasteiger partial charge in [0.25, 0.3) is 0 Å². The molecule has 0 aromatic rings. The quantitative estimate of drug-likeness (QED) is 0.790. The molecule has 4 heteroatoms. The highest BCUT2D eigenvalue weighted by Crippen LogP contribution is 2.26. The van der Waals surface area contributed by atoms with Crippen molar-refractivity contribution in [1.82, 2.24) is 5.32 Å². The Morgan fingerprint density at radius 1 is 1.60 bits per heavy atom. The van der Waals surface area contributed by atoms with Gasteiger partial charge in [0.1, 0.15) is 0 Å². The van der Waals surface area contributed by atoms with Crippen molar-refractivity contribution in [3.63, 3.8) is 0 Å². The van der Waals surface area contributed by atoms with E-state index in [9.17, 15) is 4.79 Å². The number of hydrogen-bond acceptors (Lipinski definition) is 2. The zero-order chi connectivity index (χ0) is 11.3. The first kappa shape index (κ1) is 13.4. The Hall–Kier alpha value is 0.300. The summed E-state index contributed by atoms with van der Waals surface area (Å²) in [7, 11) is 0. The minimum Gasteiger partial charge on any atom is -0.355 e. The molecule has 0 bridgehead atoms. The van der Waals surface area contributed by atoms with Crippen LogP contribution < -0.4 is 5.32 Å². The average Bonchev–Trinajstić information content (AvgIpc) is 2.67. The molecular weight excluding hydrogens is 274 g/mol. The molecule has 1 fully saturated rings. The summed E-state index contributed by atoms with van der Waals surface area (Å²) in [5, 5.41) is 4.28. The second kappa shape index (κ2) is 6.14. The molecular formula is C11H20BrNOS. The summed E-state index contributed by atoms with van der Waals surface area (Å²) in [6.45, 7) is 5.17. The first-order chi connectivity index (χ1) is 7.05. The van der Waals surface area contributed by atoms with E-state index < -0.39 is 0 Å². The van der Waals surface area contributed by atoms with Gasteiger partial charge in [0, 0.05) is 11.9 Å². The van der Waals surface area contributed by atoms with E-state index >= 15 is 0 Å². The molecule has 1 saturated heterocycles. The van der Waals surface area contributed by atoms with Crippen LogP contribution in [0.25, 0.3) is 0 Å². The van der Waals surface area contributed by atoms with Crippen molar-refractivity contribution in [2.24, 2.45) is 5.41 Å². The summed E-state index contributed by atoms with van der Waals surface area (Å²) in [5.74, 6) is 1.38. The molecule has 1 atom stereocenters. The Morgan fingerprint density at radius 2 is 2.33 bits per heavy atom. The maximum Gasteiger partial charge on any atom is 0.233 e. The molecule has 1 unspecified atom stereocenters. The number of thioether (sulfide) groups is 1. The summed E-state index contributed by atoms with van der Waals surface area (Å²) in [4.78, 5) is 11.8. The highest BCUT2D eigenvalue weighted by atomic mass is 79.9. The van der Waals surface area contributed by atoms with Gasteiger partial charge in [-0.15, -0.1) is 11.8 Å². The molecule has 0 aliphatic carbocycles.